The first-order chi connectivity index (χ1) is 18.1. The fourth-order valence-corrected chi connectivity index (χ4v) is 7.43. The van der Waals surface area contributed by atoms with Gasteiger partial charge in [-0.1, -0.05) is 62.1 Å². The minimum atomic E-state index is -0.239. The van der Waals surface area contributed by atoms with Gasteiger partial charge in [0.2, 0.25) is 5.69 Å². The average molecular weight is 491 g/mol. The van der Waals surface area contributed by atoms with Crippen LogP contribution in [0, 0.1) is 24.6 Å². The lowest BCUT2D eigenvalue weighted by atomic mass is 9.71. The van der Waals surface area contributed by atoms with E-state index in [-0.39, 0.29) is 5.82 Å². The Labute approximate surface area is 217 Å². The minimum absolute atomic E-state index is 0.239. The lowest BCUT2D eigenvalue weighted by Crippen LogP contribution is -2.30. The highest BCUT2D eigenvalue weighted by Crippen LogP contribution is 2.50. The third kappa shape index (κ3) is 3.62. The molecule has 5 aromatic rings. The highest BCUT2D eigenvalue weighted by molar-refractivity contribution is 6.13. The van der Waals surface area contributed by atoms with Crippen LogP contribution in [0.2, 0.25) is 0 Å². The summed E-state index contributed by atoms with van der Waals surface area (Å²) in [7, 11) is 2.04. The summed E-state index contributed by atoms with van der Waals surface area (Å²) < 4.78 is 24.2. The average Bonchev–Trinajstić information content (AvgIpc) is 3.54. The first kappa shape index (κ1) is 22.7. The van der Waals surface area contributed by atoms with Crippen molar-refractivity contribution in [1.82, 2.24) is 0 Å². The molecule has 3 unspecified atom stereocenters. The van der Waals surface area contributed by atoms with Crippen molar-refractivity contribution in [3.63, 3.8) is 0 Å². The molecule has 3 heteroatoms. The third-order valence-corrected chi connectivity index (χ3v) is 9.23. The molecule has 3 aromatic carbocycles. The van der Waals surface area contributed by atoms with Gasteiger partial charge in [0.25, 0.3) is 0 Å². The van der Waals surface area contributed by atoms with Crippen LogP contribution in [0.15, 0.2) is 77.3 Å². The van der Waals surface area contributed by atoms with Crippen LogP contribution in [-0.2, 0) is 7.05 Å². The van der Waals surface area contributed by atoms with Gasteiger partial charge in [-0.05, 0) is 72.4 Å². The Bertz CT molecular complexity index is 1630. The van der Waals surface area contributed by atoms with Gasteiger partial charge in [-0.15, -0.1) is 0 Å². The first-order valence-electron chi connectivity index (χ1n) is 13.8. The second-order valence-corrected chi connectivity index (χ2v) is 11.2. The van der Waals surface area contributed by atoms with Crippen molar-refractivity contribution in [3.05, 3.63) is 89.9 Å². The lowest BCUT2D eigenvalue weighted by Gasteiger charge is -2.34. The number of aryl methyl sites for hydroxylation is 2. The maximum absolute atomic E-state index is 15.5. The molecule has 2 heterocycles. The maximum Gasteiger partial charge on any atom is 0.216 e. The zero-order valence-electron chi connectivity index (χ0n) is 21.6. The van der Waals surface area contributed by atoms with Crippen LogP contribution in [0.5, 0.6) is 0 Å². The molecule has 0 amide bonds. The molecule has 2 aromatic heterocycles. The van der Waals surface area contributed by atoms with Crippen LogP contribution >= 0.6 is 0 Å². The van der Waals surface area contributed by atoms with E-state index in [9.17, 15) is 0 Å². The van der Waals surface area contributed by atoms with Gasteiger partial charge >= 0.3 is 0 Å². The molecule has 2 saturated carbocycles. The summed E-state index contributed by atoms with van der Waals surface area (Å²) in [4.78, 5) is 0. The van der Waals surface area contributed by atoms with Gasteiger partial charge in [-0.25, -0.2) is 8.96 Å². The molecular weight excluding hydrogens is 457 g/mol. The number of hydrogen-bond donors (Lipinski definition) is 0. The maximum atomic E-state index is 15.5. The van der Waals surface area contributed by atoms with E-state index in [2.05, 4.69) is 54.0 Å². The number of fused-ring (bicyclic) bond motifs is 4. The highest BCUT2D eigenvalue weighted by atomic mass is 19.1. The van der Waals surface area contributed by atoms with E-state index in [1.54, 1.807) is 6.07 Å². The SMILES string of the molecule is Cc1ccc2c(oc3c(-c4ccc(C5CCCC6CCCC65)cc4)c(F)ccc32)c1-c1cccc[n+]1C. The number of nitrogens with zero attached hydrogens (tertiary/aromatic N) is 1. The van der Waals surface area contributed by atoms with Crippen LogP contribution in [0.4, 0.5) is 4.39 Å². The zero-order valence-corrected chi connectivity index (χ0v) is 21.6. The summed E-state index contributed by atoms with van der Waals surface area (Å²) in [5, 5.41) is 1.98. The molecule has 186 valence electrons. The fourth-order valence-electron chi connectivity index (χ4n) is 7.43. The number of benzene rings is 3. The van der Waals surface area contributed by atoms with E-state index in [4.69, 9.17) is 4.42 Å². The van der Waals surface area contributed by atoms with Crippen molar-refractivity contribution in [1.29, 1.82) is 0 Å². The standard InChI is InChI=1S/C34H33FNO/c1-21-12-17-27-28-18-19-29(35)32(34(28)37-33(27)31(21)30-11-3-4-20-36(30)2)24-15-13-23(14-16-24)26-10-6-8-22-7-5-9-25(22)26/h3-4,11-20,22,25-26H,5-10H2,1-2H3/q+1. The third-order valence-electron chi connectivity index (χ3n) is 9.23. The molecular formula is C34H33FNO+. The van der Waals surface area contributed by atoms with Crippen molar-refractivity contribution in [2.45, 2.75) is 51.4 Å². The molecule has 37 heavy (non-hydrogen) atoms. The minimum Gasteiger partial charge on any atom is -0.454 e. The van der Waals surface area contributed by atoms with Gasteiger partial charge < -0.3 is 4.42 Å². The molecule has 2 nitrogen and oxygen atoms in total. The van der Waals surface area contributed by atoms with Gasteiger partial charge in [0.05, 0.1) is 11.1 Å². The second kappa shape index (κ2) is 8.83. The van der Waals surface area contributed by atoms with Gasteiger partial charge in [-0.2, -0.15) is 0 Å². The lowest BCUT2D eigenvalue weighted by molar-refractivity contribution is -0.660. The Kier molecular flexibility index (Phi) is 5.42. The Morgan fingerprint density at radius 3 is 2.30 bits per heavy atom. The Hall–Kier alpha value is -3.46. The smallest absolute Gasteiger partial charge is 0.216 e. The summed E-state index contributed by atoms with van der Waals surface area (Å²) in [6.07, 6.45) is 10.2. The van der Waals surface area contributed by atoms with Crippen molar-refractivity contribution < 1.29 is 13.4 Å². The zero-order chi connectivity index (χ0) is 25.1. The summed E-state index contributed by atoms with van der Waals surface area (Å²) >= 11 is 0. The quantitative estimate of drug-likeness (QED) is 0.231. The number of halogens is 1. The van der Waals surface area contributed by atoms with Crippen LogP contribution in [-0.4, -0.2) is 0 Å². The summed E-state index contributed by atoms with van der Waals surface area (Å²) in [6.45, 7) is 2.11. The number of pyridine rings is 1. The van der Waals surface area contributed by atoms with Crippen molar-refractivity contribution in [2.75, 3.05) is 0 Å². The van der Waals surface area contributed by atoms with E-state index >= 15 is 4.39 Å². The van der Waals surface area contributed by atoms with E-state index in [1.807, 2.05) is 31.4 Å². The molecule has 0 bridgehead atoms. The van der Waals surface area contributed by atoms with E-state index in [1.165, 1.54) is 44.1 Å². The predicted molar refractivity (Wildman–Crippen MR) is 148 cm³/mol. The molecule has 0 spiro atoms. The predicted octanol–water partition coefficient (Wildman–Crippen LogP) is 8.88. The van der Waals surface area contributed by atoms with Crippen LogP contribution < -0.4 is 4.57 Å². The van der Waals surface area contributed by atoms with Gasteiger partial charge in [0.1, 0.15) is 24.0 Å². The van der Waals surface area contributed by atoms with Crippen molar-refractivity contribution >= 4 is 21.9 Å². The highest BCUT2D eigenvalue weighted by Gasteiger charge is 2.37. The Morgan fingerprint density at radius 2 is 1.51 bits per heavy atom. The molecule has 0 radical (unpaired) electrons. The molecule has 2 aliphatic carbocycles. The molecule has 2 fully saturated rings. The largest absolute Gasteiger partial charge is 0.454 e. The van der Waals surface area contributed by atoms with Crippen molar-refractivity contribution in [3.8, 4) is 22.4 Å². The van der Waals surface area contributed by atoms with Crippen LogP contribution in [0.1, 0.15) is 55.6 Å². The Balaban J connectivity index is 1.36. The Morgan fingerprint density at radius 1 is 0.784 bits per heavy atom. The summed E-state index contributed by atoms with van der Waals surface area (Å²) in [6, 6.07) is 22.6. The van der Waals surface area contributed by atoms with E-state index in [0.29, 0.717) is 17.1 Å². The van der Waals surface area contributed by atoms with Crippen LogP contribution in [0.25, 0.3) is 44.3 Å². The van der Waals surface area contributed by atoms with E-state index < -0.39 is 0 Å². The second-order valence-electron chi connectivity index (χ2n) is 11.2. The molecule has 3 atom stereocenters. The number of aromatic nitrogens is 1. The molecule has 0 N–H and O–H groups in total. The molecule has 0 aliphatic heterocycles. The number of furan rings is 1. The molecule has 7 rings (SSSR count). The van der Waals surface area contributed by atoms with Gasteiger partial charge in [0, 0.05) is 22.9 Å². The number of rotatable bonds is 3. The van der Waals surface area contributed by atoms with Crippen molar-refractivity contribution in [2.24, 2.45) is 18.9 Å². The molecule has 2 aliphatic rings. The summed E-state index contributed by atoms with van der Waals surface area (Å²) in [5.74, 6) is 2.15. The monoisotopic (exact) mass is 490 g/mol. The van der Waals surface area contributed by atoms with Crippen LogP contribution in [0.3, 0.4) is 0 Å². The normalized spacial score (nSPS) is 21.5. The van der Waals surface area contributed by atoms with Gasteiger partial charge in [0.15, 0.2) is 6.20 Å². The molecule has 0 saturated heterocycles. The van der Waals surface area contributed by atoms with E-state index in [0.717, 1.165) is 50.6 Å². The number of hydrogen-bond acceptors (Lipinski definition) is 1. The van der Waals surface area contributed by atoms with Gasteiger partial charge in [-0.3, -0.25) is 0 Å². The summed E-state index contributed by atoms with van der Waals surface area (Å²) in [5.41, 5.74) is 7.58. The first-order valence-corrected chi connectivity index (χ1v) is 13.8. The topological polar surface area (TPSA) is 17.0 Å². The fraction of sp³-hybridized carbons (Fsp3) is 0.324.